The second kappa shape index (κ2) is 21.7. The lowest BCUT2D eigenvalue weighted by Crippen LogP contribution is -3.00. The molecule has 4 N–H and O–H groups in total. The SMILES string of the molecule is CC(C)CCN(CCCCC[N+](CCO)(CCO)CC(C)C)c1ccccc1.NC(=O)Cc1ccccc1.[Cl-]. The highest BCUT2D eigenvalue weighted by molar-refractivity contribution is 5.76. The van der Waals surface area contributed by atoms with Crippen LogP contribution in [0.25, 0.3) is 0 Å². The van der Waals surface area contributed by atoms with Crippen molar-refractivity contribution >= 4 is 11.6 Å². The lowest BCUT2D eigenvalue weighted by Gasteiger charge is -2.39. The molecule has 0 heterocycles. The summed E-state index contributed by atoms with van der Waals surface area (Å²) in [5, 5.41) is 19.1. The lowest BCUT2D eigenvalue weighted by molar-refractivity contribution is -0.931. The molecule has 0 radical (unpaired) electrons. The molecule has 2 rings (SSSR count). The third kappa shape index (κ3) is 17.2. The molecule has 0 aliphatic carbocycles. The van der Waals surface area contributed by atoms with Crippen LogP contribution in [0.1, 0.15) is 58.9 Å². The zero-order valence-corrected chi connectivity index (χ0v) is 25.5. The van der Waals surface area contributed by atoms with Crippen molar-refractivity contribution < 1.29 is 31.9 Å². The molecule has 222 valence electrons. The van der Waals surface area contributed by atoms with E-state index >= 15 is 0 Å². The van der Waals surface area contributed by atoms with Crippen LogP contribution in [0, 0.1) is 11.8 Å². The van der Waals surface area contributed by atoms with E-state index in [1.165, 1.54) is 24.9 Å². The molecule has 6 nitrogen and oxygen atoms in total. The predicted octanol–water partition coefficient (Wildman–Crippen LogP) is 1.89. The normalized spacial score (nSPS) is 11.1. The van der Waals surface area contributed by atoms with Gasteiger partial charge in [-0.1, -0.05) is 76.2 Å². The number of anilines is 1. The molecule has 0 saturated carbocycles. The second-order valence-corrected chi connectivity index (χ2v) is 11.2. The van der Waals surface area contributed by atoms with Gasteiger partial charge in [0.15, 0.2) is 0 Å². The van der Waals surface area contributed by atoms with Crippen LogP contribution >= 0.6 is 0 Å². The molecule has 0 fully saturated rings. The minimum Gasteiger partial charge on any atom is -1.00 e. The van der Waals surface area contributed by atoms with E-state index in [1.54, 1.807) is 0 Å². The molecule has 0 aliphatic rings. The number of rotatable bonds is 18. The smallest absolute Gasteiger partial charge is 0.221 e. The Bertz CT molecular complexity index is 844. The van der Waals surface area contributed by atoms with E-state index in [-0.39, 0.29) is 31.5 Å². The fraction of sp³-hybridized carbons (Fsp3) is 0.594. The van der Waals surface area contributed by atoms with Gasteiger partial charge in [-0.25, -0.2) is 0 Å². The van der Waals surface area contributed by atoms with Gasteiger partial charge in [-0.2, -0.15) is 0 Å². The lowest BCUT2D eigenvalue weighted by atomic mass is 10.1. The summed E-state index contributed by atoms with van der Waals surface area (Å²) < 4.78 is 0.848. The van der Waals surface area contributed by atoms with Crippen LogP contribution in [0.15, 0.2) is 60.7 Å². The van der Waals surface area contributed by atoms with Crippen LogP contribution in [0.5, 0.6) is 0 Å². The summed E-state index contributed by atoms with van der Waals surface area (Å²) in [4.78, 5) is 12.9. The Morgan fingerprint density at radius 1 is 0.795 bits per heavy atom. The topological polar surface area (TPSA) is 86.8 Å². The molecular formula is C32H54ClN3O3. The van der Waals surface area contributed by atoms with Gasteiger partial charge in [0.25, 0.3) is 0 Å². The largest absolute Gasteiger partial charge is 1.00 e. The average Bonchev–Trinajstić information content (AvgIpc) is 2.86. The number of aliphatic hydroxyl groups is 2. The van der Waals surface area contributed by atoms with Crippen molar-refractivity contribution in [2.24, 2.45) is 17.6 Å². The van der Waals surface area contributed by atoms with Crippen molar-refractivity contribution in [3.8, 4) is 0 Å². The number of para-hydroxylation sites is 1. The van der Waals surface area contributed by atoms with Gasteiger partial charge in [-0.3, -0.25) is 4.79 Å². The Balaban J connectivity index is 0.00000110. The number of hydrogen-bond donors (Lipinski definition) is 3. The first-order valence-electron chi connectivity index (χ1n) is 14.4. The first-order chi connectivity index (χ1) is 18.2. The van der Waals surface area contributed by atoms with Crippen LogP contribution in [0.3, 0.4) is 0 Å². The Hall–Kier alpha value is -2.12. The number of quaternary nitrogens is 1. The highest BCUT2D eigenvalue weighted by atomic mass is 35.5. The molecule has 0 saturated heterocycles. The highest BCUT2D eigenvalue weighted by Crippen LogP contribution is 2.18. The maximum atomic E-state index is 10.4. The van der Waals surface area contributed by atoms with E-state index in [9.17, 15) is 15.0 Å². The molecule has 0 unspecified atom stereocenters. The predicted molar refractivity (Wildman–Crippen MR) is 160 cm³/mol. The number of nitrogens with zero attached hydrogens (tertiary/aromatic N) is 2. The van der Waals surface area contributed by atoms with Gasteiger partial charge in [0.05, 0.1) is 32.7 Å². The van der Waals surface area contributed by atoms with Crippen molar-refractivity contribution in [1.29, 1.82) is 0 Å². The minimum absolute atomic E-state index is 0. The Labute approximate surface area is 244 Å². The van der Waals surface area contributed by atoms with E-state index in [0.717, 1.165) is 61.7 Å². The van der Waals surface area contributed by atoms with Crippen LogP contribution in [-0.2, 0) is 11.2 Å². The molecular weight excluding hydrogens is 510 g/mol. The summed E-state index contributed by atoms with van der Waals surface area (Å²) >= 11 is 0. The summed E-state index contributed by atoms with van der Waals surface area (Å²) in [5.74, 6) is 1.01. The highest BCUT2D eigenvalue weighted by Gasteiger charge is 2.27. The number of amides is 1. The van der Waals surface area contributed by atoms with Gasteiger partial charge >= 0.3 is 0 Å². The first-order valence-corrected chi connectivity index (χ1v) is 14.4. The molecule has 7 heteroatoms. The number of benzene rings is 2. The number of primary amides is 1. The minimum atomic E-state index is -0.286. The summed E-state index contributed by atoms with van der Waals surface area (Å²) in [6.07, 6.45) is 5.09. The fourth-order valence-electron chi connectivity index (χ4n) is 4.95. The van der Waals surface area contributed by atoms with Crippen molar-refractivity contribution in [2.45, 2.75) is 59.8 Å². The summed E-state index contributed by atoms with van der Waals surface area (Å²) in [5.41, 5.74) is 7.28. The number of nitrogens with two attached hydrogens (primary N) is 1. The zero-order valence-electron chi connectivity index (χ0n) is 24.8. The molecule has 0 aromatic heterocycles. The monoisotopic (exact) mass is 563 g/mol. The zero-order chi connectivity index (χ0) is 28.2. The van der Waals surface area contributed by atoms with E-state index in [4.69, 9.17) is 5.73 Å². The van der Waals surface area contributed by atoms with Crippen molar-refractivity contribution in [2.75, 3.05) is 57.4 Å². The number of aliphatic hydroxyl groups excluding tert-OH is 2. The van der Waals surface area contributed by atoms with Crippen molar-refractivity contribution in [1.82, 2.24) is 0 Å². The van der Waals surface area contributed by atoms with Gasteiger partial charge in [-0.15, -0.1) is 0 Å². The number of carbonyl (C=O) groups excluding carboxylic acids is 1. The van der Waals surface area contributed by atoms with Gasteiger partial charge in [-0.05, 0) is 49.3 Å². The molecule has 0 atom stereocenters. The molecule has 39 heavy (non-hydrogen) atoms. The first kappa shape index (κ1) is 36.9. The number of unbranched alkanes of at least 4 members (excludes halogenated alkanes) is 2. The Morgan fingerprint density at radius 2 is 1.36 bits per heavy atom. The maximum Gasteiger partial charge on any atom is 0.221 e. The fourth-order valence-corrected chi connectivity index (χ4v) is 4.95. The molecule has 0 spiro atoms. The summed E-state index contributed by atoms with van der Waals surface area (Å²) in [7, 11) is 0. The molecule has 2 aromatic carbocycles. The molecule has 1 amide bonds. The number of halogens is 1. The van der Waals surface area contributed by atoms with Gasteiger partial charge in [0.2, 0.25) is 5.91 Å². The second-order valence-electron chi connectivity index (χ2n) is 11.2. The maximum absolute atomic E-state index is 10.4. The van der Waals surface area contributed by atoms with E-state index in [2.05, 4.69) is 62.9 Å². The van der Waals surface area contributed by atoms with Crippen LogP contribution in [-0.4, -0.2) is 73.1 Å². The third-order valence-corrected chi connectivity index (χ3v) is 6.78. The van der Waals surface area contributed by atoms with Gasteiger partial charge < -0.3 is 37.7 Å². The molecule has 2 aromatic rings. The van der Waals surface area contributed by atoms with Crippen molar-refractivity contribution in [3.63, 3.8) is 0 Å². The molecule has 0 bridgehead atoms. The van der Waals surface area contributed by atoms with E-state index < -0.39 is 0 Å². The summed E-state index contributed by atoms with van der Waals surface area (Å²) in [6, 6.07) is 20.2. The Kier molecular flexibility index (Phi) is 20.5. The van der Waals surface area contributed by atoms with Gasteiger partial charge in [0.1, 0.15) is 13.1 Å². The van der Waals surface area contributed by atoms with Crippen LogP contribution in [0.4, 0.5) is 5.69 Å². The number of hydrogen-bond acceptors (Lipinski definition) is 4. The van der Waals surface area contributed by atoms with Gasteiger partial charge in [0, 0.05) is 24.7 Å². The quantitative estimate of drug-likeness (QED) is 0.191. The van der Waals surface area contributed by atoms with E-state index in [0.29, 0.717) is 12.3 Å². The van der Waals surface area contributed by atoms with Crippen LogP contribution < -0.4 is 23.0 Å². The summed E-state index contributed by atoms with van der Waals surface area (Å²) in [6.45, 7) is 15.2. The van der Waals surface area contributed by atoms with E-state index in [1.807, 2.05) is 30.3 Å². The average molecular weight is 564 g/mol. The van der Waals surface area contributed by atoms with Crippen molar-refractivity contribution in [3.05, 3.63) is 66.2 Å². The standard InChI is InChI=1S/C24H45N2O2.C8H9NO.ClH/c1-22(2)13-15-25(24-11-7-5-8-12-24)14-9-6-10-16-26(17-19-27,18-20-28)21-23(3)4;9-8(10)6-7-4-2-1-3-5-7;/h5,7-8,11-12,22-23,27-28H,6,9-10,13-21H2,1-4H3;1-5H,6H2,(H2,9,10);1H/q+1;;/p-1. The Morgan fingerprint density at radius 3 is 1.85 bits per heavy atom. The third-order valence-electron chi connectivity index (χ3n) is 6.78. The van der Waals surface area contributed by atoms with Crippen LogP contribution in [0.2, 0.25) is 0 Å². The number of carbonyl (C=O) groups is 1. The molecule has 0 aliphatic heterocycles.